The summed E-state index contributed by atoms with van der Waals surface area (Å²) in [5.74, 6) is 19.2. The topological polar surface area (TPSA) is 0 Å². The first-order chi connectivity index (χ1) is 28.4. The van der Waals surface area contributed by atoms with Crippen molar-refractivity contribution in [1.29, 1.82) is 0 Å². The summed E-state index contributed by atoms with van der Waals surface area (Å²) in [6.07, 6.45) is 25.1. The van der Waals surface area contributed by atoms with Gasteiger partial charge in [-0.2, -0.15) is 26.3 Å². The van der Waals surface area contributed by atoms with Crippen LogP contribution in [0.2, 0.25) is 0 Å². The van der Waals surface area contributed by atoms with Gasteiger partial charge in [0.05, 0.1) is 11.1 Å². The van der Waals surface area contributed by atoms with Crippen LogP contribution in [-0.4, -0.2) is 0 Å². The molecule has 0 spiro atoms. The number of benzene rings is 2. The second-order valence-electron chi connectivity index (χ2n) is 18.8. The normalized spacial score (nSPS) is 27.6. The molecule has 4 fully saturated rings. The summed E-state index contributed by atoms with van der Waals surface area (Å²) in [6.45, 7) is 4.56. The van der Waals surface area contributed by atoms with E-state index in [1.807, 2.05) is 0 Å². The van der Waals surface area contributed by atoms with Crippen LogP contribution in [0.1, 0.15) is 197 Å². The molecule has 326 valence electrons. The molecule has 4 saturated carbocycles. The second kappa shape index (κ2) is 24.0. The molecule has 6 rings (SSSR count). The van der Waals surface area contributed by atoms with Crippen molar-refractivity contribution in [3.05, 3.63) is 70.8 Å². The quantitative estimate of drug-likeness (QED) is 0.120. The SMILES string of the molecule is CCCCCC1CCC(C2CCC(C#Cc3ccc(C(F)(F)F)cc3)CC2)CC1.CCCCCCC1CCC(C2CCC(C#Cc3ccc(C(F)(F)F)cc3)CC2)CC1. The van der Waals surface area contributed by atoms with Crippen LogP contribution in [0.4, 0.5) is 26.3 Å². The molecule has 0 radical (unpaired) electrons. The first-order valence-corrected chi connectivity index (χ1v) is 23.8. The predicted octanol–water partition coefficient (Wildman–Crippen LogP) is 16.9. The van der Waals surface area contributed by atoms with Crippen molar-refractivity contribution in [2.75, 3.05) is 0 Å². The maximum atomic E-state index is 12.7. The molecule has 0 amide bonds. The van der Waals surface area contributed by atoms with Gasteiger partial charge >= 0.3 is 12.4 Å². The Kier molecular flexibility index (Phi) is 19.2. The first kappa shape index (κ1) is 47.2. The minimum Gasteiger partial charge on any atom is -0.166 e. The zero-order chi connectivity index (χ0) is 42.1. The average molecular weight is 823 g/mol. The highest BCUT2D eigenvalue weighted by molar-refractivity contribution is 5.38. The monoisotopic (exact) mass is 823 g/mol. The van der Waals surface area contributed by atoms with Gasteiger partial charge in [0.15, 0.2) is 0 Å². The van der Waals surface area contributed by atoms with Crippen LogP contribution in [0.15, 0.2) is 48.5 Å². The van der Waals surface area contributed by atoms with Gasteiger partial charge in [0, 0.05) is 23.0 Å². The molecule has 2 aromatic carbocycles. The van der Waals surface area contributed by atoms with Crippen LogP contribution < -0.4 is 0 Å². The summed E-state index contributed by atoms with van der Waals surface area (Å²) in [4.78, 5) is 0. The van der Waals surface area contributed by atoms with Crippen molar-refractivity contribution in [3.8, 4) is 23.7 Å². The minimum atomic E-state index is -4.28. The Balaban J connectivity index is 0.000000224. The van der Waals surface area contributed by atoms with E-state index in [0.717, 1.165) is 85.5 Å². The van der Waals surface area contributed by atoms with E-state index >= 15 is 0 Å². The van der Waals surface area contributed by atoms with E-state index in [2.05, 4.69) is 37.5 Å². The summed E-state index contributed by atoms with van der Waals surface area (Å²) in [5.41, 5.74) is 0.150. The highest BCUT2D eigenvalue weighted by Crippen LogP contribution is 2.44. The lowest BCUT2D eigenvalue weighted by Crippen LogP contribution is -2.25. The molecule has 0 atom stereocenters. The third kappa shape index (κ3) is 16.2. The van der Waals surface area contributed by atoms with Crippen LogP contribution in [0.3, 0.4) is 0 Å². The average Bonchev–Trinajstić information content (AvgIpc) is 3.25. The maximum Gasteiger partial charge on any atom is 0.416 e. The van der Waals surface area contributed by atoms with Crippen molar-refractivity contribution < 1.29 is 26.3 Å². The molecule has 0 N–H and O–H groups in total. The van der Waals surface area contributed by atoms with Crippen molar-refractivity contribution in [2.24, 2.45) is 47.3 Å². The molecule has 0 aliphatic heterocycles. The van der Waals surface area contributed by atoms with E-state index in [1.54, 1.807) is 0 Å². The van der Waals surface area contributed by atoms with Crippen molar-refractivity contribution >= 4 is 0 Å². The van der Waals surface area contributed by atoms with Gasteiger partial charge in [-0.25, -0.2) is 0 Å². The Morgan fingerprint density at radius 3 is 1.03 bits per heavy atom. The fraction of sp³-hybridized carbons (Fsp3) is 0.698. The number of unbranched alkanes of at least 4 members (excludes halogenated alkanes) is 5. The van der Waals surface area contributed by atoms with E-state index in [4.69, 9.17) is 0 Å². The van der Waals surface area contributed by atoms with Gasteiger partial charge in [-0.15, -0.1) is 0 Å². The largest absolute Gasteiger partial charge is 0.416 e. The summed E-state index contributed by atoms with van der Waals surface area (Å²) < 4.78 is 75.9. The predicted molar refractivity (Wildman–Crippen MR) is 231 cm³/mol. The molecule has 0 nitrogen and oxygen atoms in total. The van der Waals surface area contributed by atoms with E-state index < -0.39 is 23.5 Å². The van der Waals surface area contributed by atoms with Crippen LogP contribution in [0.25, 0.3) is 0 Å². The molecule has 4 aliphatic rings. The van der Waals surface area contributed by atoms with Crippen LogP contribution in [-0.2, 0) is 12.4 Å². The second-order valence-corrected chi connectivity index (χ2v) is 18.8. The Labute approximate surface area is 353 Å². The summed E-state index contributed by atoms with van der Waals surface area (Å²) in [5, 5.41) is 0. The summed E-state index contributed by atoms with van der Waals surface area (Å²) in [7, 11) is 0. The molecule has 0 heterocycles. The fourth-order valence-electron chi connectivity index (χ4n) is 10.8. The lowest BCUT2D eigenvalue weighted by Gasteiger charge is -2.37. The molecule has 0 bridgehead atoms. The zero-order valence-electron chi connectivity index (χ0n) is 36.2. The first-order valence-electron chi connectivity index (χ1n) is 23.8. The molecule has 2 aromatic rings. The number of hydrogen-bond donors (Lipinski definition) is 0. The smallest absolute Gasteiger partial charge is 0.166 e. The van der Waals surface area contributed by atoms with E-state index in [-0.39, 0.29) is 0 Å². The molecule has 6 heteroatoms. The summed E-state index contributed by atoms with van der Waals surface area (Å²) in [6, 6.07) is 10.5. The van der Waals surface area contributed by atoms with E-state index in [0.29, 0.717) is 23.0 Å². The number of rotatable bonds is 11. The number of alkyl halides is 6. The molecule has 59 heavy (non-hydrogen) atoms. The van der Waals surface area contributed by atoms with E-state index in [9.17, 15) is 26.3 Å². The Hall–Kier alpha value is -2.86. The zero-order valence-corrected chi connectivity index (χ0v) is 36.2. The van der Waals surface area contributed by atoms with Crippen molar-refractivity contribution in [1.82, 2.24) is 0 Å². The molecular weight excluding hydrogens is 751 g/mol. The van der Waals surface area contributed by atoms with Gasteiger partial charge in [-0.3, -0.25) is 0 Å². The van der Waals surface area contributed by atoms with Crippen LogP contribution in [0, 0.1) is 71.0 Å². The molecule has 0 saturated heterocycles. The highest BCUT2D eigenvalue weighted by atomic mass is 19.4. The molecule has 0 unspecified atom stereocenters. The summed E-state index contributed by atoms with van der Waals surface area (Å²) >= 11 is 0. The van der Waals surface area contributed by atoms with E-state index in [1.165, 1.54) is 159 Å². The van der Waals surface area contributed by atoms with Crippen LogP contribution >= 0.6 is 0 Å². The lowest BCUT2D eigenvalue weighted by molar-refractivity contribution is -0.138. The third-order valence-electron chi connectivity index (χ3n) is 14.6. The van der Waals surface area contributed by atoms with Crippen molar-refractivity contribution in [3.63, 3.8) is 0 Å². The van der Waals surface area contributed by atoms with Gasteiger partial charge in [0.1, 0.15) is 0 Å². The minimum absolute atomic E-state index is 0.401. The number of halogens is 6. The number of hydrogen-bond acceptors (Lipinski definition) is 0. The Morgan fingerprint density at radius 1 is 0.407 bits per heavy atom. The van der Waals surface area contributed by atoms with Gasteiger partial charge in [-0.1, -0.05) is 121 Å². The molecular formula is C53H72F6. The highest BCUT2D eigenvalue weighted by Gasteiger charge is 2.33. The lowest BCUT2D eigenvalue weighted by atomic mass is 9.69. The Bertz CT molecular complexity index is 1580. The Morgan fingerprint density at radius 2 is 0.712 bits per heavy atom. The van der Waals surface area contributed by atoms with Crippen molar-refractivity contribution in [2.45, 2.75) is 187 Å². The maximum absolute atomic E-state index is 12.7. The standard InChI is InChI=1S/C27H37F3.C26H35F3/c1-2-3-4-5-6-21-9-15-24(16-10-21)25-17-11-22(12-18-25)7-8-23-13-19-26(20-14-23)27(28,29)30;1-2-3-4-5-20-8-14-23(15-9-20)24-16-10-21(11-17-24)6-7-22-12-18-25(19-13-22)26(27,28)29/h13-14,19-22,24-25H,2-6,9-12,15-18H2,1H3;12-13,18-21,23-24H,2-5,8-11,14-17H2,1H3. The fourth-order valence-corrected chi connectivity index (χ4v) is 10.8. The van der Waals surface area contributed by atoms with Crippen LogP contribution in [0.5, 0.6) is 0 Å². The van der Waals surface area contributed by atoms with Gasteiger partial charge in [0.2, 0.25) is 0 Å². The van der Waals surface area contributed by atoms with Gasteiger partial charge in [0.25, 0.3) is 0 Å². The van der Waals surface area contributed by atoms with Gasteiger partial charge < -0.3 is 0 Å². The van der Waals surface area contributed by atoms with Gasteiger partial charge in [-0.05, 0) is 161 Å². The molecule has 4 aliphatic carbocycles. The third-order valence-corrected chi connectivity index (χ3v) is 14.6. The molecule has 0 aromatic heterocycles.